The second-order valence-corrected chi connectivity index (χ2v) is 8.82. The molecule has 2 aliphatic rings. The zero-order valence-corrected chi connectivity index (χ0v) is 18.2. The smallest absolute Gasteiger partial charge is 0.295 e. The zero-order valence-electron chi connectivity index (χ0n) is 16.6. The van der Waals surface area contributed by atoms with Crippen LogP contribution in [0.15, 0.2) is 52.5 Å². The number of benzene rings is 2. The molecule has 1 atom stereocenters. The van der Waals surface area contributed by atoms with Gasteiger partial charge >= 0.3 is 0 Å². The van der Waals surface area contributed by atoms with Crippen LogP contribution in [0.2, 0.25) is 0 Å². The lowest BCUT2D eigenvalue weighted by molar-refractivity contribution is -0.141. The fourth-order valence-corrected chi connectivity index (χ4v) is 4.80. The predicted molar refractivity (Wildman–Crippen MR) is 116 cm³/mol. The Morgan fingerprint density at radius 1 is 1.03 bits per heavy atom. The lowest BCUT2D eigenvalue weighted by atomic mass is 9.92. The third kappa shape index (κ3) is 3.42. The number of hydrogen-bond acceptors (Lipinski definition) is 3. The molecule has 29 heavy (non-hydrogen) atoms. The van der Waals surface area contributed by atoms with Gasteiger partial charge in [-0.3, -0.25) is 9.59 Å². The first-order valence-corrected chi connectivity index (χ1v) is 10.8. The highest BCUT2D eigenvalue weighted by Crippen LogP contribution is 2.44. The molecule has 4 rings (SSSR count). The largest absolute Gasteiger partial charge is 0.507 e. The fraction of sp³-hybridized carbons (Fsp3) is 0.333. The summed E-state index contributed by atoms with van der Waals surface area (Å²) in [6, 6.07) is 12.7. The van der Waals surface area contributed by atoms with Crippen molar-refractivity contribution in [3.05, 3.63) is 74.8 Å². The number of carbonyl (C=O) groups is 2. The minimum absolute atomic E-state index is 0.0352. The van der Waals surface area contributed by atoms with Crippen molar-refractivity contribution in [3.63, 3.8) is 0 Å². The SMILES string of the molecule is Cc1cc(/C(O)=C2\C(=O)C(=O)N(C3CCCC3)C2c2ccccc2C)ccc1Br. The number of amides is 1. The highest BCUT2D eigenvalue weighted by molar-refractivity contribution is 9.10. The molecule has 1 saturated heterocycles. The molecule has 0 radical (unpaired) electrons. The molecule has 0 bridgehead atoms. The Hall–Kier alpha value is -2.40. The van der Waals surface area contributed by atoms with Crippen LogP contribution < -0.4 is 0 Å². The van der Waals surface area contributed by atoms with Crippen LogP contribution in [0.3, 0.4) is 0 Å². The summed E-state index contributed by atoms with van der Waals surface area (Å²) >= 11 is 3.47. The van der Waals surface area contributed by atoms with Gasteiger partial charge in [-0.05, 0) is 55.5 Å². The maximum Gasteiger partial charge on any atom is 0.295 e. The number of hydrogen-bond donors (Lipinski definition) is 1. The fourth-order valence-electron chi connectivity index (χ4n) is 4.56. The van der Waals surface area contributed by atoms with Crippen molar-refractivity contribution >= 4 is 33.4 Å². The van der Waals surface area contributed by atoms with E-state index in [-0.39, 0.29) is 17.4 Å². The molecule has 2 fully saturated rings. The molecule has 4 nitrogen and oxygen atoms in total. The van der Waals surface area contributed by atoms with Crippen molar-refractivity contribution in [1.29, 1.82) is 0 Å². The van der Waals surface area contributed by atoms with Crippen molar-refractivity contribution in [2.24, 2.45) is 0 Å². The van der Waals surface area contributed by atoms with Gasteiger partial charge in [0.1, 0.15) is 5.76 Å². The number of aliphatic hydroxyl groups excluding tert-OH is 1. The van der Waals surface area contributed by atoms with E-state index in [0.717, 1.165) is 46.8 Å². The van der Waals surface area contributed by atoms with Crippen molar-refractivity contribution in [3.8, 4) is 0 Å². The van der Waals surface area contributed by atoms with E-state index >= 15 is 0 Å². The molecule has 1 N–H and O–H groups in total. The summed E-state index contributed by atoms with van der Waals surface area (Å²) in [4.78, 5) is 27.9. The van der Waals surface area contributed by atoms with Crippen LogP contribution in [0.1, 0.15) is 54.0 Å². The second kappa shape index (κ2) is 7.79. The zero-order chi connectivity index (χ0) is 20.7. The summed E-state index contributed by atoms with van der Waals surface area (Å²) in [5.74, 6) is -1.20. The number of Topliss-reactive ketones (excluding diaryl/α,β-unsaturated/α-hetero) is 1. The van der Waals surface area contributed by atoms with Gasteiger partial charge in [-0.2, -0.15) is 0 Å². The van der Waals surface area contributed by atoms with Crippen LogP contribution in [-0.4, -0.2) is 27.7 Å². The van der Waals surface area contributed by atoms with E-state index in [1.165, 1.54) is 0 Å². The number of likely N-dealkylation sites (tertiary alicyclic amines) is 1. The van der Waals surface area contributed by atoms with Gasteiger partial charge in [0.25, 0.3) is 11.7 Å². The van der Waals surface area contributed by atoms with Crippen LogP contribution in [0.25, 0.3) is 5.76 Å². The lowest BCUT2D eigenvalue weighted by Gasteiger charge is -2.31. The van der Waals surface area contributed by atoms with E-state index in [1.54, 1.807) is 11.0 Å². The van der Waals surface area contributed by atoms with E-state index in [0.29, 0.717) is 5.56 Å². The van der Waals surface area contributed by atoms with E-state index in [1.807, 2.05) is 50.2 Å². The third-order valence-electron chi connectivity index (χ3n) is 6.11. The van der Waals surface area contributed by atoms with Crippen LogP contribution in [0.4, 0.5) is 0 Å². The van der Waals surface area contributed by atoms with E-state index < -0.39 is 17.7 Å². The molecular weight excluding hydrogens is 430 g/mol. The van der Waals surface area contributed by atoms with Crippen molar-refractivity contribution in [2.45, 2.75) is 51.6 Å². The summed E-state index contributed by atoms with van der Waals surface area (Å²) in [5.41, 5.74) is 3.59. The predicted octanol–water partition coefficient (Wildman–Crippen LogP) is 5.43. The number of carbonyl (C=O) groups excluding carboxylic acids is 2. The maximum atomic E-state index is 13.1. The van der Waals surface area contributed by atoms with Gasteiger partial charge in [0.15, 0.2) is 0 Å². The highest BCUT2D eigenvalue weighted by atomic mass is 79.9. The van der Waals surface area contributed by atoms with Crippen molar-refractivity contribution in [1.82, 2.24) is 4.90 Å². The second-order valence-electron chi connectivity index (χ2n) is 7.97. The average Bonchev–Trinajstić information content (AvgIpc) is 3.31. The van der Waals surface area contributed by atoms with Gasteiger partial charge in [-0.1, -0.05) is 59.1 Å². The molecule has 0 aromatic heterocycles. The molecule has 1 unspecified atom stereocenters. The van der Waals surface area contributed by atoms with Crippen LogP contribution in [0, 0.1) is 13.8 Å². The first-order valence-electron chi connectivity index (χ1n) is 10.0. The Morgan fingerprint density at radius 2 is 1.72 bits per heavy atom. The molecule has 2 aromatic rings. The maximum absolute atomic E-state index is 13.1. The van der Waals surface area contributed by atoms with E-state index in [2.05, 4.69) is 15.9 Å². The Bertz CT molecular complexity index is 1020. The normalized spacial score (nSPS) is 21.9. The topological polar surface area (TPSA) is 57.6 Å². The molecule has 2 aromatic carbocycles. The van der Waals surface area contributed by atoms with E-state index in [9.17, 15) is 14.7 Å². The summed E-state index contributed by atoms with van der Waals surface area (Å²) in [7, 11) is 0. The highest BCUT2D eigenvalue weighted by Gasteiger charge is 2.49. The molecule has 1 aliphatic carbocycles. The first-order chi connectivity index (χ1) is 13.9. The molecule has 1 amide bonds. The number of nitrogens with zero attached hydrogens (tertiary/aromatic N) is 1. The standard InChI is InChI=1S/C24H24BrNO3/c1-14-7-3-6-10-18(14)21-20(22(27)16-11-12-19(25)15(2)13-16)23(28)24(29)26(21)17-8-4-5-9-17/h3,6-7,10-13,17,21,27H,4-5,8-9H2,1-2H3/b22-20+. The summed E-state index contributed by atoms with van der Waals surface area (Å²) < 4.78 is 0.927. The molecule has 1 aliphatic heterocycles. The number of aliphatic hydroxyl groups is 1. The number of ketones is 1. The van der Waals surface area contributed by atoms with Crippen molar-refractivity contribution < 1.29 is 14.7 Å². The summed E-state index contributed by atoms with van der Waals surface area (Å²) in [5, 5.41) is 11.2. The Morgan fingerprint density at radius 3 is 2.38 bits per heavy atom. The van der Waals surface area contributed by atoms with Gasteiger partial charge in [0.05, 0.1) is 11.6 Å². The summed E-state index contributed by atoms with van der Waals surface area (Å²) in [6.07, 6.45) is 3.90. The Labute approximate surface area is 179 Å². The van der Waals surface area contributed by atoms with Crippen molar-refractivity contribution in [2.75, 3.05) is 0 Å². The van der Waals surface area contributed by atoms with Gasteiger partial charge in [-0.15, -0.1) is 0 Å². The van der Waals surface area contributed by atoms with Gasteiger partial charge in [-0.25, -0.2) is 0 Å². The van der Waals surface area contributed by atoms with Crippen LogP contribution in [-0.2, 0) is 9.59 Å². The Kier molecular flexibility index (Phi) is 5.34. The van der Waals surface area contributed by atoms with Gasteiger partial charge in [0.2, 0.25) is 0 Å². The van der Waals surface area contributed by atoms with Gasteiger partial charge in [0, 0.05) is 16.1 Å². The Balaban J connectivity index is 1.92. The van der Waals surface area contributed by atoms with Crippen LogP contribution >= 0.6 is 15.9 Å². The summed E-state index contributed by atoms with van der Waals surface area (Å²) in [6.45, 7) is 3.91. The minimum Gasteiger partial charge on any atom is -0.507 e. The first kappa shape index (κ1) is 19.9. The number of rotatable bonds is 3. The monoisotopic (exact) mass is 453 g/mol. The molecule has 1 saturated carbocycles. The number of aryl methyl sites for hydroxylation is 2. The van der Waals surface area contributed by atoms with Gasteiger partial charge < -0.3 is 10.0 Å². The molecular formula is C24H24BrNO3. The molecule has 5 heteroatoms. The number of halogens is 1. The van der Waals surface area contributed by atoms with E-state index in [4.69, 9.17) is 0 Å². The molecule has 1 heterocycles. The third-order valence-corrected chi connectivity index (χ3v) is 7.00. The molecule has 0 spiro atoms. The lowest BCUT2D eigenvalue weighted by Crippen LogP contribution is -2.37. The molecule has 150 valence electrons. The van der Waals surface area contributed by atoms with Crippen LogP contribution in [0.5, 0.6) is 0 Å². The quantitative estimate of drug-likeness (QED) is 0.382. The average molecular weight is 454 g/mol. The minimum atomic E-state index is -0.594.